The van der Waals surface area contributed by atoms with E-state index in [0.29, 0.717) is 127 Å². The number of nitrogen functional groups attached to an aromatic ring is 4. The summed E-state index contributed by atoms with van der Waals surface area (Å²) in [6, 6.07) is 10.5. The molecule has 0 bridgehead atoms. The van der Waals surface area contributed by atoms with Crippen LogP contribution in [0.2, 0.25) is 0 Å². The normalized spacial score (nSPS) is 11.7. The Morgan fingerprint density at radius 3 is 1.43 bits per heavy atom. The Hall–Kier alpha value is -10.4. The van der Waals surface area contributed by atoms with E-state index in [2.05, 4.69) is 81.4 Å². The SMILES string of the molecule is CN(Cc1cnc2nc(N)nc(N)c2n1)c1ccc(C(=O)NC(CCC(=O)NCCCCCN(CCCCCNC(=O)CCC(NC(=O)c2ccc(N(C)Cc3cnc4nc(N)nc(N)c4n3)cc2)C(=O)O)CCOCCOCCNC(=O)CCCCN=[N+]=[N-])C(=O)O)cc1. The number of anilines is 6. The molecule has 2 unspecified atom stereocenters. The van der Waals surface area contributed by atoms with E-state index in [9.17, 15) is 43.8 Å². The first kappa shape index (κ1) is 73.6. The Bertz CT molecular complexity index is 3360. The summed E-state index contributed by atoms with van der Waals surface area (Å²) in [5.41, 5.74) is 35.9. The van der Waals surface area contributed by atoms with E-state index in [1.54, 1.807) is 60.9 Å². The number of carbonyl (C=O) groups excluding carboxylic acids is 5. The van der Waals surface area contributed by atoms with Gasteiger partial charge in [0, 0.05) is 93.5 Å². The Kier molecular flexibility index (Phi) is 30.4. The van der Waals surface area contributed by atoms with Crippen molar-refractivity contribution in [2.45, 2.75) is 109 Å². The van der Waals surface area contributed by atoms with Crippen LogP contribution in [0.15, 0.2) is 66.0 Å². The Balaban J connectivity index is 0.866. The van der Waals surface area contributed by atoms with Gasteiger partial charge in [-0.2, -0.15) is 19.9 Å². The zero-order valence-electron chi connectivity index (χ0n) is 53.5. The summed E-state index contributed by atoms with van der Waals surface area (Å²) in [5.74, 6) is -4.34. The first-order valence-corrected chi connectivity index (χ1v) is 31.2. The third kappa shape index (κ3) is 25.9. The lowest BCUT2D eigenvalue weighted by molar-refractivity contribution is -0.140. The molecule has 0 aliphatic rings. The number of fused-ring (bicyclic) bond motifs is 2. The van der Waals surface area contributed by atoms with Gasteiger partial charge >= 0.3 is 11.9 Å². The fourth-order valence-electron chi connectivity index (χ4n) is 9.69. The maximum atomic E-state index is 13.1. The van der Waals surface area contributed by atoms with Crippen molar-refractivity contribution in [2.24, 2.45) is 5.11 Å². The van der Waals surface area contributed by atoms with E-state index in [1.165, 1.54) is 0 Å². The molecule has 95 heavy (non-hydrogen) atoms. The van der Waals surface area contributed by atoms with Crippen LogP contribution in [0.5, 0.6) is 0 Å². The number of benzene rings is 2. The lowest BCUT2D eigenvalue weighted by Gasteiger charge is -2.22. The molecule has 0 saturated carbocycles. The van der Waals surface area contributed by atoms with Crippen LogP contribution in [0, 0.1) is 0 Å². The summed E-state index contributed by atoms with van der Waals surface area (Å²) < 4.78 is 11.5. The number of rotatable bonds is 44. The molecule has 0 radical (unpaired) electrons. The highest BCUT2D eigenvalue weighted by atomic mass is 16.5. The van der Waals surface area contributed by atoms with Gasteiger partial charge in [-0.25, -0.2) is 29.5 Å². The molecule has 510 valence electrons. The van der Waals surface area contributed by atoms with Gasteiger partial charge in [-0.05, 0) is 119 Å². The zero-order chi connectivity index (χ0) is 68.5. The molecule has 6 aromatic rings. The molecule has 0 aliphatic heterocycles. The van der Waals surface area contributed by atoms with Crippen LogP contribution in [0.25, 0.3) is 32.8 Å². The van der Waals surface area contributed by atoms with Gasteiger partial charge in [-0.3, -0.25) is 24.0 Å². The van der Waals surface area contributed by atoms with E-state index in [-0.39, 0.29) is 89.4 Å². The molecule has 34 nitrogen and oxygen atoms in total. The van der Waals surface area contributed by atoms with Crippen molar-refractivity contribution < 1.29 is 53.2 Å². The van der Waals surface area contributed by atoms with Crippen molar-refractivity contribution >= 4 is 98.7 Å². The number of aromatic nitrogens is 8. The summed E-state index contributed by atoms with van der Waals surface area (Å²) in [6.45, 7) is 5.72. The first-order chi connectivity index (χ1) is 45.8. The zero-order valence-corrected chi connectivity index (χ0v) is 53.5. The summed E-state index contributed by atoms with van der Waals surface area (Å²) in [5, 5.41) is 36.9. The molecule has 0 aliphatic carbocycles. The van der Waals surface area contributed by atoms with Crippen molar-refractivity contribution in [3.8, 4) is 0 Å². The Morgan fingerprint density at radius 2 is 0.979 bits per heavy atom. The predicted octanol–water partition coefficient (Wildman–Crippen LogP) is 2.89. The number of carboxylic acids is 2. The number of aliphatic carboxylic acids is 2. The van der Waals surface area contributed by atoms with Crippen LogP contribution in [-0.2, 0) is 46.5 Å². The fraction of sp³-hybridized carbons (Fsp3) is 0.492. The minimum absolute atomic E-state index is 0.00807. The molecule has 4 heterocycles. The van der Waals surface area contributed by atoms with Crippen LogP contribution in [0.4, 0.5) is 34.9 Å². The van der Waals surface area contributed by atoms with Crippen LogP contribution in [0.1, 0.15) is 116 Å². The van der Waals surface area contributed by atoms with Gasteiger partial charge in [0.15, 0.2) is 34.0 Å². The predicted molar refractivity (Wildman–Crippen MR) is 354 cm³/mol. The highest BCUT2D eigenvalue weighted by Crippen LogP contribution is 2.22. The average Bonchev–Trinajstić information content (AvgIpc) is 0.848. The quantitative estimate of drug-likeness (QED) is 0.0113. The highest BCUT2D eigenvalue weighted by molar-refractivity contribution is 5.98. The van der Waals surface area contributed by atoms with Crippen LogP contribution in [0.3, 0.4) is 0 Å². The van der Waals surface area contributed by atoms with E-state index < -0.39 is 35.8 Å². The lowest BCUT2D eigenvalue weighted by Crippen LogP contribution is -2.41. The van der Waals surface area contributed by atoms with Gasteiger partial charge in [-0.1, -0.05) is 18.0 Å². The monoisotopic (exact) mass is 1320 g/mol. The molecule has 0 spiro atoms. The molecule has 15 N–H and O–H groups in total. The van der Waals surface area contributed by atoms with Crippen molar-refractivity contribution in [2.75, 3.05) is 119 Å². The molecule has 2 aromatic carbocycles. The molecule has 34 heteroatoms. The number of amides is 5. The maximum absolute atomic E-state index is 13.1. The van der Waals surface area contributed by atoms with Crippen molar-refractivity contribution in [1.82, 2.24) is 71.4 Å². The summed E-state index contributed by atoms with van der Waals surface area (Å²) in [6.07, 6.45) is 8.78. The van der Waals surface area contributed by atoms with E-state index in [0.717, 1.165) is 50.1 Å². The number of azide groups is 1. The number of unbranched alkanes of at least 4 members (excludes halogenated alkanes) is 5. The van der Waals surface area contributed by atoms with Crippen molar-refractivity contribution in [1.29, 1.82) is 0 Å². The van der Waals surface area contributed by atoms with Gasteiger partial charge in [0.05, 0.1) is 63.3 Å². The standard InChI is InChI=1S/C61H85N23O11/c1-82(37-41-35-70-54-50(73-41)52(62)77-60(64)79-54)43-16-12-39(13-17-43)56(88)75-45(58(90)91)20-22-48(86)67-24-6-3-9-28-84(30-32-95-34-33-94-31-27-69-47(85)11-5-8-26-72-81-66)29-10-4-7-25-68-49(87)23-21-46(59(92)93)76-57(89)40-14-18-44(19-15-40)83(2)38-42-36-71-55-51(74-42)53(63)78-61(65)80-55/h12-19,35-36,45-46H,3-11,20-34,37-38H2,1-2H3,(H,67,86)(H,68,87)(H,69,85)(H,75,88)(H,76,89)(H,90,91)(H,92,93)(H4,62,64,70,77,79)(H4,63,65,71,78,80). The van der Waals surface area contributed by atoms with Crippen LogP contribution >= 0.6 is 0 Å². The lowest BCUT2D eigenvalue weighted by atomic mass is 10.1. The molecule has 6 rings (SSSR count). The third-order valence-electron chi connectivity index (χ3n) is 14.9. The smallest absolute Gasteiger partial charge is 0.326 e. The van der Waals surface area contributed by atoms with Gasteiger partial charge in [0.1, 0.15) is 12.1 Å². The minimum atomic E-state index is -1.31. The average molecular weight is 1320 g/mol. The first-order valence-electron chi connectivity index (χ1n) is 31.2. The number of nitrogens with two attached hydrogens (primary N) is 4. The van der Waals surface area contributed by atoms with Gasteiger partial charge in [-0.15, -0.1) is 0 Å². The van der Waals surface area contributed by atoms with Gasteiger partial charge in [0.2, 0.25) is 29.6 Å². The minimum Gasteiger partial charge on any atom is -0.480 e. The number of carbonyl (C=O) groups is 7. The maximum Gasteiger partial charge on any atom is 0.326 e. The van der Waals surface area contributed by atoms with Gasteiger partial charge < -0.3 is 83.9 Å². The van der Waals surface area contributed by atoms with Crippen molar-refractivity contribution in [3.05, 3.63) is 93.9 Å². The van der Waals surface area contributed by atoms with E-state index >= 15 is 0 Å². The molecular formula is C61H85N23O11. The van der Waals surface area contributed by atoms with Crippen molar-refractivity contribution in [3.63, 3.8) is 0 Å². The van der Waals surface area contributed by atoms with Gasteiger partial charge in [0.25, 0.3) is 11.8 Å². The molecule has 5 amide bonds. The topological polar surface area (TPSA) is 504 Å². The molecule has 0 fully saturated rings. The number of nitrogens with zero attached hydrogens (tertiary/aromatic N) is 14. The highest BCUT2D eigenvalue weighted by Gasteiger charge is 2.24. The van der Waals surface area contributed by atoms with Crippen LogP contribution in [-0.4, -0.2) is 195 Å². The number of nitrogens with one attached hydrogen (secondary N) is 5. The summed E-state index contributed by atoms with van der Waals surface area (Å²) in [7, 11) is 3.64. The fourth-order valence-corrected chi connectivity index (χ4v) is 9.69. The number of hydrogen-bond donors (Lipinski definition) is 11. The second-order valence-electron chi connectivity index (χ2n) is 22.3. The van der Waals surface area contributed by atoms with E-state index in [1.807, 2.05) is 23.9 Å². The summed E-state index contributed by atoms with van der Waals surface area (Å²) in [4.78, 5) is 131. The number of hydrogen-bond acceptors (Lipinski definition) is 25. The second kappa shape index (κ2) is 39.2. The number of ether oxygens (including phenoxy) is 2. The molecule has 4 aromatic heterocycles. The third-order valence-corrected chi connectivity index (χ3v) is 14.9. The summed E-state index contributed by atoms with van der Waals surface area (Å²) >= 11 is 0. The second-order valence-corrected chi connectivity index (χ2v) is 22.3. The number of carboxylic acid groups (broad SMARTS) is 2. The largest absolute Gasteiger partial charge is 0.480 e. The van der Waals surface area contributed by atoms with E-state index in [4.69, 9.17) is 37.9 Å². The molecular weight excluding hydrogens is 1230 g/mol. The Labute approximate surface area is 548 Å². The van der Waals surface area contributed by atoms with Crippen LogP contribution < -0.4 is 59.3 Å². The Morgan fingerprint density at radius 1 is 0.537 bits per heavy atom. The molecule has 2 atom stereocenters. The molecule has 0 saturated heterocycles.